The fourth-order valence-corrected chi connectivity index (χ4v) is 4.96. The topological polar surface area (TPSA) is 25.8 Å². The zero-order chi connectivity index (χ0) is 12.5. The number of hydrogen-bond donors (Lipinski definition) is 0. The molecule has 0 aliphatic heterocycles. The van der Waals surface area contributed by atoms with Crippen molar-refractivity contribution < 1.29 is 0 Å². The molecule has 0 saturated carbocycles. The van der Waals surface area contributed by atoms with Crippen LogP contribution < -0.4 is 0 Å². The molecule has 0 amide bonds. The van der Waals surface area contributed by atoms with Crippen molar-refractivity contribution in [2.24, 2.45) is 0 Å². The van der Waals surface area contributed by atoms with E-state index >= 15 is 0 Å². The van der Waals surface area contributed by atoms with Crippen LogP contribution in [-0.2, 0) is 12.2 Å². The van der Waals surface area contributed by atoms with E-state index in [4.69, 9.17) is 0 Å². The van der Waals surface area contributed by atoms with Crippen molar-refractivity contribution in [2.45, 2.75) is 12.2 Å². The van der Waals surface area contributed by atoms with E-state index in [1.165, 1.54) is 5.56 Å². The fourth-order valence-electron chi connectivity index (χ4n) is 1.36. The summed E-state index contributed by atoms with van der Waals surface area (Å²) in [5.41, 5.74) is 2.45. The largest absolute Gasteiger partial charge is 0.261 e. The first-order valence-electron chi connectivity index (χ1n) is 5.65. The predicted molar refractivity (Wildman–Crippen MR) is 83.5 cm³/mol. The third kappa shape index (κ3) is 5.33. The minimum Gasteiger partial charge on any atom is -0.261 e. The average Bonchev–Trinajstić information content (AvgIpc) is 2.45. The van der Waals surface area contributed by atoms with Gasteiger partial charge in [0.1, 0.15) is 0 Å². The maximum atomic E-state index is 4.24. The van der Waals surface area contributed by atoms with Gasteiger partial charge in [-0.2, -0.15) is 0 Å². The van der Waals surface area contributed by atoms with Gasteiger partial charge in [-0.1, -0.05) is 51.9 Å². The molecule has 0 atom stereocenters. The Labute approximate surface area is 119 Å². The first-order valence-corrected chi connectivity index (χ1v) is 9.47. The van der Waals surface area contributed by atoms with Crippen LogP contribution in [0.4, 0.5) is 0 Å². The zero-order valence-corrected chi connectivity index (χ0v) is 12.3. The monoisotopic (exact) mass is 294 g/mol. The quantitative estimate of drug-likeness (QED) is 0.562. The Bertz CT molecular complexity index is 393. The molecule has 2 aromatic rings. The molecule has 0 N–H and O–H groups in total. The van der Waals surface area contributed by atoms with Gasteiger partial charge in [0.25, 0.3) is 0 Å². The molecule has 1 heterocycles. The van der Waals surface area contributed by atoms with Crippen LogP contribution in [0, 0.1) is 0 Å². The van der Waals surface area contributed by atoms with Gasteiger partial charge in [0.2, 0.25) is 0 Å². The molecule has 2 nitrogen and oxygen atoms in total. The van der Waals surface area contributed by atoms with Crippen molar-refractivity contribution in [3.63, 3.8) is 0 Å². The van der Waals surface area contributed by atoms with Gasteiger partial charge < -0.3 is 0 Å². The Kier molecular flexibility index (Phi) is 6.47. The molecule has 0 aliphatic rings. The summed E-state index contributed by atoms with van der Waals surface area (Å²) < 4.78 is 0. The van der Waals surface area contributed by atoms with Gasteiger partial charge in [0.15, 0.2) is 0 Å². The van der Waals surface area contributed by atoms with Crippen molar-refractivity contribution in [3.05, 3.63) is 60.2 Å². The Hall–Kier alpha value is -0.650. The van der Waals surface area contributed by atoms with Crippen LogP contribution in [0.1, 0.15) is 11.3 Å². The Morgan fingerprint density at radius 3 is 2.67 bits per heavy atom. The van der Waals surface area contributed by atoms with Gasteiger partial charge in [0.05, 0.1) is 5.69 Å². The highest BCUT2D eigenvalue weighted by Gasteiger charge is 1.97. The van der Waals surface area contributed by atoms with E-state index in [1.807, 2.05) is 37.6 Å². The van der Waals surface area contributed by atoms with Crippen LogP contribution in [0.3, 0.4) is 0 Å². The molecule has 94 valence electrons. The number of nitrogens with zero attached hydrogens (tertiary/aromatic N) is 2. The molecule has 0 aliphatic carbocycles. The van der Waals surface area contributed by atoms with Crippen molar-refractivity contribution in [1.29, 1.82) is 0 Å². The molecule has 1 aromatic heterocycles. The van der Waals surface area contributed by atoms with E-state index in [9.17, 15) is 0 Å². The Balaban J connectivity index is 1.54. The van der Waals surface area contributed by atoms with E-state index in [1.54, 1.807) is 12.4 Å². The molecule has 1 aromatic carbocycles. The highest BCUT2D eigenvalue weighted by atomic mass is 33.5. The van der Waals surface area contributed by atoms with Gasteiger partial charge >= 0.3 is 0 Å². The molecule has 0 spiro atoms. The lowest BCUT2D eigenvalue weighted by Gasteiger charge is -2.01. The lowest BCUT2D eigenvalue weighted by atomic mass is 10.2. The van der Waals surface area contributed by atoms with E-state index < -0.39 is 0 Å². The summed E-state index contributed by atoms with van der Waals surface area (Å²) in [7, 11) is 5.55. The molecule has 18 heavy (non-hydrogen) atoms. The van der Waals surface area contributed by atoms with Crippen molar-refractivity contribution in [3.8, 4) is 0 Å². The predicted octanol–water partition coefficient (Wildman–Crippen LogP) is 4.25. The van der Waals surface area contributed by atoms with Gasteiger partial charge in [-0.05, 0) is 21.8 Å². The van der Waals surface area contributed by atoms with Crippen LogP contribution in [-0.4, -0.2) is 15.7 Å². The molecular formula is C13H14N2S3. The highest BCUT2D eigenvalue weighted by Crippen LogP contribution is 2.36. The molecule has 2 rings (SSSR count). The summed E-state index contributed by atoms with van der Waals surface area (Å²) in [6.45, 7) is 0. The SMILES string of the molecule is c1ccc(CCSSSCc2cnccn2)cc1. The second-order valence-electron chi connectivity index (χ2n) is 3.58. The third-order valence-electron chi connectivity index (χ3n) is 2.24. The van der Waals surface area contributed by atoms with Crippen molar-refractivity contribution in [1.82, 2.24) is 9.97 Å². The summed E-state index contributed by atoms with van der Waals surface area (Å²) in [4.78, 5) is 8.29. The minimum atomic E-state index is 0.914. The molecule has 5 heteroatoms. The summed E-state index contributed by atoms with van der Waals surface area (Å²) >= 11 is 0. The Morgan fingerprint density at radius 2 is 1.89 bits per heavy atom. The van der Waals surface area contributed by atoms with E-state index in [-0.39, 0.29) is 0 Å². The van der Waals surface area contributed by atoms with Crippen LogP contribution in [0.5, 0.6) is 0 Å². The van der Waals surface area contributed by atoms with Gasteiger partial charge in [-0.15, -0.1) is 0 Å². The van der Waals surface area contributed by atoms with Crippen LogP contribution in [0.15, 0.2) is 48.9 Å². The lowest BCUT2D eigenvalue weighted by molar-refractivity contribution is 1.10. The fraction of sp³-hybridized carbons (Fsp3) is 0.231. The van der Waals surface area contributed by atoms with E-state index in [0.717, 1.165) is 23.6 Å². The summed E-state index contributed by atoms with van der Waals surface area (Å²) in [6, 6.07) is 10.6. The highest BCUT2D eigenvalue weighted by molar-refractivity contribution is 9.09. The standard InChI is InChI=1S/C13H14N2S3/c1-2-4-12(5-3-1)6-9-16-18-17-11-13-10-14-7-8-15-13/h1-5,7-8,10H,6,9,11H2. The molecule has 0 bridgehead atoms. The molecule has 0 saturated heterocycles. The van der Waals surface area contributed by atoms with Crippen LogP contribution in [0.25, 0.3) is 0 Å². The maximum absolute atomic E-state index is 4.24. The number of aromatic nitrogens is 2. The van der Waals surface area contributed by atoms with Gasteiger partial charge in [-0.3, -0.25) is 9.97 Å². The first kappa shape index (κ1) is 13.8. The number of rotatable bonds is 7. The second-order valence-corrected chi connectivity index (χ2v) is 7.94. The van der Waals surface area contributed by atoms with Crippen LogP contribution >= 0.6 is 31.4 Å². The third-order valence-corrected chi connectivity index (χ3v) is 6.38. The first-order chi connectivity index (χ1) is 8.95. The minimum absolute atomic E-state index is 0.914. The van der Waals surface area contributed by atoms with Crippen LogP contribution in [0.2, 0.25) is 0 Å². The maximum Gasteiger partial charge on any atom is 0.0694 e. The lowest BCUT2D eigenvalue weighted by Crippen LogP contribution is -1.86. The normalized spacial score (nSPS) is 10.4. The molecule has 0 unspecified atom stereocenters. The van der Waals surface area contributed by atoms with Gasteiger partial charge in [-0.25, -0.2) is 0 Å². The number of aryl methyl sites for hydroxylation is 1. The van der Waals surface area contributed by atoms with E-state index in [2.05, 4.69) is 40.3 Å². The zero-order valence-electron chi connectivity index (χ0n) is 9.86. The smallest absolute Gasteiger partial charge is 0.0694 e. The van der Waals surface area contributed by atoms with Crippen molar-refractivity contribution in [2.75, 3.05) is 5.75 Å². The number of hydrogen-bond acceptors (Lipinski definition) is 5. The molecule has 0 fully saturated rings. The Morgan fingerprint density at radius 1 is 1.00 bits per heavy atom. The van der Waals surface area contributed by atoms with E-state index in [0.29, 0.717) is 0 Å². The summed E-state index contributed by atoms with van der Waals surface area (Å²) in [5, 5.41) is 0. The average molecular weight is 294 g/mol. The summed E-state index contributed by atoms with van der Waals surface area (Å²) in [6.07, 6.45) is 6.39. The van der Waals surface area contributed by atoms with Gasteiger partial charge in [0, 0.05) is 30.1 Å². The molecular weight excluding hydrogens is 280 g/mol. The number of benzene rings is 1. The molecule has 0 radical (unpaired) electrons. The van der Waals surface area contributed by atoms with Crippen molar-refractivity contribution >= 4 is 31.4 Å². The second kappa shape index (κ2) is 8.45. The summed E-state index contributed by atoms with van der Waals surface area (Å²) in [5.74, 6) is 2.05.